The van der Waals surface area contributed by atoms with E-state index in [0.717, 1.165) is 19.5 Å². The lowest BCUT2D eigenvalue weighted by molar-refractivity contribution is 0.307. The van der Waals surface area contributed by atoms with Crippen LogP contribution in [0.15, 0.2) is 12.5 Å². The maximum Gasteiger partial charge on any atom is 0.115 e. The lowest BCUT2D eigenvalue weighted by atomic mass is 10.1. The van der Waals surface area contributed by atoms with Crippen LogP contribution in [0.1, 0.15) is 11.3 Å². The number of hydrogen-bond donors (Lipinski definition) is 0. The molecule has 0 saturated carbocycles. The number of aromatic nitrogens is 2. The van der Waals surface area contributed by atoms with Crippen LogP contribution in [0.5, 0.6) is 0 Å². The van der Waals surface area contributed by atoms with Crippen LogP contribution in [0.3, 0.4) is 0 Å². The second kappa shape index (κ2) is 2.58. The van der Waals surface area contributed by atoms with E-state index >= 15 is 0 Å². The van der Waals surface area contributed by atoms with Gasteiger partial charge in [0.2, 0.25) is 0 Å². The summed E-state index contributed by atoms with van der Waals surface area (Å²) in [7, 11) is 2.12. The highest BCUT2D eigenvalue weighted by Gasteiger charge is 2.12. The van der Waals surface area contributed by atoms with Crippen LogP contribution in [-0.4, -0.2) is 28.5 Å². The normalized spacial score (nSPS) is 17.9. The fraction of sp³-hybridized carbons (Fsp3) is 0.500. The second-order valence-corrected chi connectivity index (χ2v) is 2.98. The maximum absolute atomic E-state index is 4.22. The van der Waals surface area contributed by atoms with E-state index in [1.54, 1.807) is 6.33 Å². The minimum Gasteiger partial charge on any atom is -0.300 e. The van der Waals surface area contributed by atoms with Crippen LogP contribution in [0.4, 0.5) is 0 Å². The summed E-state index contributed by atoms with van der Waals surface area (Å²) in [6.07, 6.45) is 4.64. The predicted octanol–water partition coefficient (Wildman–Crippen LogP) is 0.465. The molecule has 0 saturated heterocycles. The van der Waals surface area contributed by atoms with Crippen LogP contribution < -0.4 is 0 Å². The van der Waals surface area contributed by atoms with Gasteiger partial charge in [0.1, 0.15) is 6.33 Å². The van der Waals surface area contributed by atoms with Crippen molar-refractivity contribution in [2.45, 2.75) is 13.0 Å². The fourth-order valence-corrected chi connectivity index (χ4v) is 1.38. The zero-order valence-electron chi connectivity index (χ0n) is 6.62. The maximum atomic E-state index is 4.22. The van der Waals surface area contributed by atoms with E-state index < -0.39 is 0 Å². The molecule has 1 aliphatic heterocycles. The number of hydrogen-bond acceptors (Lipinski definition) is 3. The quantitative estimate of drug-likeness (QED) is 0.536. The molecule has 0 spiro atoms. The van der Waals surface area contributed by atoms with E-state index in [0.29, 0.717) is 0 Å². The van der Waals surface area contributed by atoms with E-state index in [4.69, 9.17) is 0 Å². The molecule has 0 bridgehead atoms. The van der Waals surface area contributed by atoms with Crippen LogP contribution in [0.25, 0.3) is 0 Å². The molecule has 0 N–H and O–H groups in total. The Hall–Kier alpha value is -0.960. The van der Waals surface area contributed by atoms with Crippen molar-refractivity contribution in [2.75, 3.05) is 13.6 Å². The second-order valence-electron chi connectivity index (χ2n) is 2.98. The topological polar surface area (TPSA) is 29.0 Å². The predicted molar refractivity (Wildman–Crippen MR) is 42.1 cm³/mol. The summed E-state index contributed by atoms with van der Waals surface area (Å²) < 4.78 is 0. The molecular formula is C8H11N3. The van der Waals surface area contributed by atoms with Gasteiger partial charge in [-0.3, -0.25) is 0 Å². The van der Waals surface area contributed by atoms with Crippen molar-refractivity contribution in [3.05, 3.63) is 23.8 Å². The first-order chi connectivity index (χ1) is 5.36. The molecule has 1 aliphatic rings. The Morgan fingerprint density at radius 2 is 2.45 bits per heavy atom. The van der Waals surface area contributed by atoms with Gasteiger partial charge >= 0.3 is 0 Å². The van der Waals surface area contributed by atoms with Crippen molar-refractivity contribution in [1.82, 2.24) is 14.9 Å². The van der Waals surface area contributed by atoms with Crippen molar-refractivity contribution in [3.63, 3.8) is 0 Å². The lowest BCUT2D eigenvalue weighted by Crippen LogP contribution is -2.27. The van der Waals surface area contributed by atoms with Crippen molar-refractivity contribution < 1.29 is 0 Å². The summed E-state index contributed by atoms with van der Waals surface area (Å²) in [6, 6.07) is 0. The third-order valence-electron chi connectivity index (χ3n) is 2.06. The molecule has 0 aromatic carbocycles. The van der Waals surface area contributed by atoms with Crippen LogP contribution in [-0.2, 0) is 13.0 Å². The Labute approximate surface area is 66.1 Å². The Bertz CT molecular complexity index is 259. The average molecular weight is 149 g/mol. The van der Waals surface area contributed by atoms with Gasteiger partial charge in [-0.15, -0.1) is 0 Å². The lowest BCUT2D eigenvalue weighted by Gasteiger charge is -2.22. The molecule has 0 amide bonds. The highest BCUT2D eigenvalue weighted by atomic mass is 15.1. The van der Waals surface area contributed by atoms with Gasteiger partial charge in [-0.2, -0.15) is 0 Å². The summed E-state index contributed by atoms with van der Waals surface area (Å²) in [5.74, 6) is 0. The highest BCUT2D eigenvalue weighted by molar-refractivity contribution is 5.18. The zero-order chi connectivity index (χ0) is 7.68. The smallest absolute Gasteiger partial charge is 0.115 e. The number of fused-ring (bicyclic) bond motifs is 1. The molecule has 0 atom stereocenters. The van der Waals surface area contributed by atoms with Gasteiger partial charge in [-0.1, -0.05) is 0 Å². The molecule has 2 heterocycles. The van der Waals surface area contributed by atoms with Gasteiger partial charge in [-0.25, -0.2) is 9.97 Å². The third-order valence-corrected chi connectivity index (χ3v) is 2.06. The first-order valence-corrected chi connectivity index (χ1v) is 3.82. The molecule has 0 aliphatic carbocycles. The number of likely N-dealkylation sites (N-methyl/N-ethyl adjacent to an activating group) is 1. The van der Waals surface area contributed by atoms with Gasteiger partial charge in [0.25, 0.3) is 0 Å². The standard InChI is InChI=1S/C8H11N3/c1-11-3-2-7-4-9-6-10-8(7)5-11/h4,6H,2-3,5H2,1H3. The third kappa shape index (κ3) is 1.24. The largest absolute Gasteiger partial charge is 0.300 e. The van der Waals surface area contributed by atoms with E-state index in [1.807, 2.05) is 6.20 Å². The van der Waals surface area contributed by atoms with Crippen molar-refractivity contribution in [3.8, 4) is 0 Å². The Kier molecular flexibility index (Phi) is 1.58. The molecule has 11 heavy (non-hydrogen) atoms. The summed E-state index contributed by atoms with van der Waals surface area (Å²) in [5, 5.41) is 0. The average Bonchev–Trinajstić information content (AvgIpc) is 2.04. The summed E-state index contributed by atoms with van der Waals surface area (Å²) in [4.78, 5) is 10.5. The molecule has 0 fully saturated rings. The summed E-state index contributed by atoms with van der Waals surface area (Å²) in [5.41, 5.74) is 2.50. The first kappa shape index (κ1) is 6.73. The molecule has 3 nitrogen and oxygen atoms in total. The monoisotopic (exact) mass is 149 g/mol. The van der Waals surface area contributed by atoms with Gasteiger partial charge < -0.3 is 4.90 Å². The number of nitrogens with zero attached hydrogens (tertiary/aromatic N) is 3. The minimum absolute atomic E-state index is 0.970. The Morgan fingerprint density at radius 1 is 1.55 bits per heavy atom. The first-order valence-electron chi connectivity index (χ1n) is 3.82. The molecule has 1 aromatic rings. The SMILES string of the molecule is CN1CCc2cncnc2C1. The van der Waals surface area contributed by atoms with Crippen molar-refractivity contribution >= 4 is 0 Å². The minimum atomic E-state index is 0.970. The van der Waals surface area contributed by atoms with Crippen LogP contribution in [0, 0.1) is 0 Å². The number of rotatable bonds is 0. The Balaban J connectivity index is 2.34. The molecule has 1 aromatic heterocycles. The molecule has 0 radical (unpaired) electrons. The van der Waals surface area contributed by atoms with Gasteiger partial charge in [0, 0.05) is 19.3 Å². The van der Waals surface area contributed by atoms with Gasteiger partial charge in [0.15, 0.2) is 0 Å². The van der Waals surface area contributed by atoms with Crippen molar-refractivity contribution in [1.29, 1.82) is 0 Å². The van der Waals surface area contributed by atoms with Gasteiger partial charge in [-0.05, 0) is 19.0 Å². The van der Waals surface area contributed by atoms with E-state index in [1.165, 1.54) is 11.3 Å². The molecule has 3 heteroatoms. The van der Waals surface area contributed by atoms with Gasteiger partial charge in [0.05, 0.1) is 5.69 Å². The highest BCUT2D eigenvalue weighted by Crippen LogP contribution is 2.12. The molecule has 58 valence electrons. The fourth-order valence-electron chi connectivity index (χ4n) is 1.38. The molecule has 0 unspecified atom stereocenters. The molecular weight excluding hydrogens is 138 g/mol. The Morgan fingerprint density at radius 3 is 3.36 bits per heavy atom. The van der Waals surface area contributed by atoms with E-state index in [9.17, 15) is 0 Å². The summed E-state index contributed by atoms with van der Waals surface area (Å²) >= 11 is 0. The van der Waals surface area contributed by atoms with Crippen LogP contribution >= 0.6 is 0 Å². The van der Waals surface area contributed by atoms with Crippen LogP contribution in [0.2, 0.25) is 0 Å². The van der Waals surface area contributed by atoms with Crippen molar-refractivity contribution in [2.24, 2.45) is 0 Å². The molecule has 2 rings (SSSR count). The zero-order valence-corrected chi connectivity index (χ0v) is 6.62. The van der Waals surface area contributed by atoms with E-state index in [-0.39, 0.29) is 0 Å². The van der Waals surface area contributed by atoms with E-state index in [2.05, 4.69) is 21.9 Å². The summed E-state index contributed by atoms with van der Waals surface area (Å²) in [6.45, 7) is 2.10.